The third-order valence-corrected chi connectivity index (χ3v) is 3.66. The van der Waals surface area contributed by atoms with E-state index in [-0.39, 0.29) is 32.0 Å². The summed E-state index contributed by atoms with van der Waals surface area (Å²) in [6, 6.07) is 3.82. The van der Waals surface area contributed by atoms with Crippen molar-refractivity contribution in [3.63, 3.8) is 0 Å². The van der Waals surface area contributed by atoms with Crippen LogP contribution >= 0.6 is 34.8 Å². The van der Waals surface area contributed by atoms with E-state index in [0.29, 0.717) is 6.20 Å². The molecule has 0 spiro atoms. The molecule has 0 amide bonds. The van der Waals surface area contributed by atoms with Gasteiger partial charge in [0.05, 0.1) is 20.6 Å². The molecule has 2 nitrogen and oxygen atoms in total. The molecule has 0 aliphatic heterocycles. The van der Waals surface area contributed by atoms with Gasteiger partial charge in [-0.2, -0.15) is 13.2 Å². The van der Waals surface area contributed by atoms with Crippen LogP contribution in [0.5, 0.6) is 0 Å². The van der Waals surface area contributed by atoms with Crippen molar-refractivity contribution in [3.05, 3.63) is 45.0 Å². The Morgan fingerprint density at radius 2 is 1.65 bits per heavy atom. The first-order valence-corrected chi connectivity index (χ1v) is 6.31. The first kappa shape index (κ1) is 15.2. The standard InChI is InChI=1S/C12H6Cl3F3N2/c13-7-1-2-8(14)11(15)10(7)5-3-9(19)20-4-6(5)12(16,17)18/h1-4H,(H2,19,20). The number of halogens is 6. The van der Waals surface area contributed by atoms with Gasteiger partial charge in [0, 0.05) is 17.3 Å². The molecule has 8 heteroatoms. The maximum absolute atomic E-state index is 13.0. The minimum Gasteiger partial charge on any atom is -0.384 e. The van der Waals surface area contributed by atoms with Gasteiger partial charge in [-0.05, 0) is 18.2 Å². The minimum atomic E-state index is -4.62. The number of pyridine rings is 1. The molecule has 0 aliphatic rings. The first-order chi connectivity index (χ1) is 9.21. The number of anilines is 1. The van der Waals surface area contributed by atoms with E-state index in [0.717, 1.165) is 6.07 Å². The summed E-state index contributed by atoms with van der Waals surface area (Å²) in [7, 11) is 0. The molecule has 2 rings (SSSR count). The van der Waals surface area contributed by atoms with E-state index < -0.39 is 11.7 Å². The molecule has 0 radical (unpaired) electrons. The SMILES string of the molecule is Nc1cc(-c2c(Cl)ccc(Cl)c2Cl)c(C(F)(F)F)cn1. The average Bonchev–Trinajstić information content (AvgIpc) is 2.33. The Balaban J connectivity index is 2.82. The molecule has 0 saturated carbocycles. The Kier molecular flexibility index (Phi) is 4.04. The highest BCUT2D eigenvalue weighted by molar-refractivity contribution is 6.46. The van der Waals surface area contributed by atoms with Gasteiger partial charge >= 0.3 is 6.18 Å². The van der Waals surface area contributed by atoms with Crippen molar-refractivity contribution in [1.29, 1.82) is 0 Å². The summed E-state index contributed by atoms with van der Waals surface area (Å²) in [4.78, 5) is 3.45. The van der Waals surface area contributed by atoms with Crippen molar-refractivity contribution in [2.45, 2.75) is 6.18 Å². The number of hydrogen-bond donors (Lipinski definition) is 1. The van der Waals surface area contributed by atoms with Crippen LogP contribution in [0.3, 0.4) is 0 Å². The Labute approximate surface area is 127 Å². The zero-order valence-electron chi connectivity index (χ0n) is 9.60. The van der Waals surface area contributed by atoms with Crippen LogP contribution in [0.1, 0.15) is 5.56 Å². The summed E-state index contributed by atoms with van der Waals surface area (Å²) in [6.07, 6.45) is -3.98. The van der Waals surface area contributed by atoms with Crippen LogP contribution in [0.25, 0.3) is 11.1 Å². The third kappa shape index (κ3) is 2.80. The molecular weight excluding hydrogens is 335 g/mol. The minimum absolute atomic E-state index is 0.0257. The smallest absolute Gasteiger partial charge is 0.384 e. The molecule has 1 aromatic heterocycles. The summed E-state index contributed by atoms with van der Waals surface area (Å²) < 4.78 is 39.1. The maximum atomic E-state index is 13.0. The van der Waals surface area contributed by atoms with Crippen molar-refractivity contribution in [2.24, 2.45) is 0 Å². The Bertz CT molecular complexity index is 672. The van der Waals surface area contributed by atoms with E-state index in [2.05, 4.69) is 4.98 Å². The molecule has 0 aliphatic carbocycles. The van der Waals surface area contributed by atoms with E-state index in [1.165, 1.54) is 12.1 Å². The van der Waals surface area contributed by atoms with Gasteiger partial charge in [-0.15, -0.1) is 0 Å². The van der Waals surface area contributed by atoms with Gasteiger partial charge in [0.1, 0.15) is 5.82 Å². The zero-order chi connectivity index (χ0) is 15.1. The number of rotatable bonds is 1. The molecular formula is C12H6Cl3F3N2. The van der Waals surface area contributed by atoms with Crippen LogP contribution in [0.15, 0.2) is 24.4 Å². The lowest BCUT2D eigenvalue weighted by Gasteiger charge is -2.15. The van der Waals surface area contributed by atoms with E-state index in [4.69, 9.17) is 40.5 Å². The Hall–Kier alpha value is -1.17. The van der Waals surface area contributed by atoms with E-state index in [9.17, 15) is 13.2 Å². The highest BCUT2D eigenvalue weighted by atomic mass is 35.5. The number of nitrogens with two attached hydrogens (primary N) is 1. The molecule has 0 atom stereocenters. The second kappa shape index (κ2) is 5.31. The summed E-state index contributed by atoms with van der Waals surface area (Å²) in [6.45, 7) is 0. The van der Waals surface area contributed by atoms with Gasteiger partial charge in [-0.1, -0.05) is 34.8 Å². The predicted octanol–water partition coefficient (Wildman–Crippen LogP) is 5.31. The van der Waals surface area contributed by atoms with Gasteiger partial charge in [-0.3, -0.25) is 0 Å². The highest BCUT2D eigenvalue weighted by Gasteiger charge is 2.35. The topological polar surface area (TPSA) is 38.9 Å². The second-order valence-corrected chi connectivity index (χ2v) is 5.06. The van der Waals surface area contributed by atoms with Crippen LogP contribution in [0.2, 0.25) is 15.1 Å². The van der Waals surface area contributed by atoms with E-state index >= 15 is 0 Å². The summed E-state index contributed by atoms with van der Waals surface area (Å²) in [5, 5.41) is 0.0559. The van der Waals surface area contributed by atoms with Crippen molar-refractivity contribution >= 4 is 40.6 Å². The lowest BCUT2D eigenvalue weighted by Crippen LogP contribution is -2.09. The molecule has 0 bridgehead atoms. The summed E-state index contributed by atoms with van der Waals surface area (Å²) >= 11 is 17.7. The van der Waals surface area contributed by atoms with Crippen LogP contribution < -0.4 is 5.73 Å². The highest BCUT2D eigenvalue weighted by Crippen LogP contribution is 2.44. The van der Waals surface area contributed by atoms with Crippen LogP contribution in [0, 0.1) is 0 Å². The largest absolute Gasteiger partial charge is 0.418 e. The van der Waals surface area contributed by atoms with Gasteiger partial charge < -0.3 is 5.73 Å². The lowest BCUT2D eigenvalue weighted by atomic mass is 10.0. The van der Waals surface area contributed by atoms with Crippen LogP contribution in [0.4, 0.5) is 19.0 Å². The fourth-order valence-electron chi connectivity index (χ4n) is 1.68. The molecule has 2 N–H and O–H groups in total. The number of nitrogen functional groups attached to an aromatic ring is 1. The van der Waals surface area contributed by atoms with Crippen molar-refractivity contribution in [3.8, 4) is 11.1 Å². The first-order valence-electron chi connectivity index (χ1n) is 5.18. The molecule has 1 heterocycles. The van der Waals surface area contributed by atoms with Crippen molar-refractivity contribution < 1.29 is 13.2 Å². The maximum Gasteiger partial charge on any atom is 0.418 e. The fourth-order valence-corrected chi connectivity index (χ4v) is 2.41. The van der Waals surface area contributed by atoms with E-state index in [1.54, 1.807) is 0 Å². The molecule has 0 saturated heterocycles. The molecule has 0 unspecified atom stereocenters. The van der Waals surface area contributed by atoms with Crippen LogP contribution in [-0.2, 0) is 6.18 Å². The quantitative estimate of drug-likeness (QED) is 0.714. The van der Waals surface area contributed by atoms with Gasteiger partial charge in [0.2, 0.25) is 0 Å². The molecule has 2 aromatic rings. The van der Waals surface area contributed by atoms with Crippen molar-refractivity contribution in [2.75, 3.05) is 5.73 Å². The molecule has 0 fully saturated rings. The lowest BCUT2D eigenvalue weighted by molar-refractivity contribution is -0.137. The van der Waals surface area contributed by atoms with E-state index in [1.807, 2.05) is 0 Å². The number of benzene rings is 1. The van der Waals surface area contributed by atoms with Gasteiger partial charge in [0.15, 0.2) is 0 Å². The summed E-state index contributed by atoms with van der Waals surface area (Å²) in [5.74, 6) is -0.0832. The second-order valence-electron chi connectivity index (χ2n) is 3.87. The number of nitrogens with zero attached hydrogens (tertiary/aromatic N) is 1. The normalized spacial score (nSPS) is 11.7. The third-order valence-electron chi connectivity index (χ3n) is 2.54. The van der Waals surface area contributed by atoms with Gasteiger partial charge in [0.25, 0.3) is 0 Å². The van der Waals surface area contributed by atoms with Crippen molar-refractivity contribution in [1.82, 2.24) is 4.98 Å². The number of aromatic nitrogens is 1. The predicted molar refractivity (Wildman–Crippen MR) is 74.1 cm³/mol. The fraction of sp³-hybridized carbons (Fsp3) is 0.0833. The summed E-state index contributed by atoms with van der Waals surface area (Å²) in [5.41, 5.74) is 4.17. The molecule has 106 valence electrons. The molecule has 1 aromatic carbocycles. The Morgan fingerprint density at radius 1 is 1.05 bits per heavy atom. The van der Waals surface area contributed by atoms with Gasteiger partial charge in [-0.25, -0.2) is 4.98 Å². The molecule has 20 heavy (non-hydrogen) atoms. The Morgan fingerprint density at radius 3 is 2.25 bits per heavy atom. The number of alkyl halides is 3. The van der Waals surface area contributed by atoms with Crippen LogP contribution in [-0.4, -0.2) is 4.98 Å². The number of hydrogen-bond acceptors (Lipinski definition) is 2. The monoisotopic (exact) mass is 340 g/mol. The average molecular weight is 342 g/mol. The zero-order valence-corrected chi connectivity index (χ0v) is 11.9.